The molecule has 0 radical (unpaired) electrons. The first-order valence-corrected chi connectivity index (χ1v) is 7.27. The maximum Gasteiger partial charge on any atom is 0.339 e. The molecule has 0 saturated carbocycles. The van der Waals surface area contributed by atoms with Crippen LogP contribution < -0.4 is 15.1 Å². The van der Waals surface area contributed by atoms with Crippen molar-refractivity contribution in [2.24, 2.45) is 0 Å². The number of phenolic OH excluding ortho intramolecular Hbond substituents is 1. The number of methoxy groups -OCH3 is 2. The molecule has 0 aliphatic rings. The molecule has 2 aromatic carbocycles. The number of fused-ring (bicyclic) bond motifs is 1. The number of benzene rings is 2. The van der Waals surface area contributed by atoms with Crippen LogP contribution in [-0.2, 0) is 0 Å². The van der Waals surface area contributed by atoms with Crippen molar-refractivity contribution < 1.29 is 19.0 Å². The van der Waals surface area contributed by atoms with Gasteiger partial charge in [-0.15, -0.1) is 0 Å². The van der Waals surface area contributed by atoms with E-state index in [1.165, 1.54) is 13.2 Å². The summed E-state index contributed by atoms with van der Waals surface area (Å²) < 4.78 is 15.9. The first kappa shape index (κ1) is 15.7. The van der Waals surface area contributed by atoms with Crippen molar-refractivity contribution in [1.82, 2.24) is 0 Å². The lowest BCUT2D eigenvalue weighted by Gasteiger charge is -2.09. The third-order valence-corrected chi connectivity index (χ3v) is 3.62. The predicted octanol–water partition coefficient (Wildman–Crippen LogP) is 3.69. The molecule has 5 heteroatoms. The van der Waals surface area contributed by atoms with E-state index in [0.29, 0.717) is 22.5 Å². The van der Waals surface area contributed by atoms with Crippen molar-refractivity contribution in [2.75, 3.05) is 14.2 Å². The lowest BCUT2D eigenvalue weighted by Crippen LogP contribution is -2.00. The summed E-state index contributed by atoms with van der Waals surface area (Å²) in [5, 5.41) is 10.0. The number of aromatic hydroxyl groups is 1. The van der Waals surface area contributed by atoms with Gasteiger partial charge in [0.25, 0.3) is 0 Å². The molecule has 5 nitrogen and oxygen atoms in total. The van der Waals surface area contributed by atoms with Gasteiger partial charge in [-0.1, -0.05) is 24.3 Å². The average molecular weight is 324 g/mol. The van der Waals surface area contributed by atoms with E-state index in [4.69, 9.17) is 13.9 Å². The summed E-state index contributed by atoms with van der Waals surface area (Å²) in [6.45, 7) is 0. The molecular formula is C19H16O5. The van der Waals surface area contributed by atoms with E-state index < -0.39 is 5.63 Å². The molecule has 0 spiro atoms. The SMILES string of the molecule is COc1cc(/C=C/c2ccc(O)cc2)c2c(OC)cc(=O)oc2c1. The molecule has 0 saturated heterocycles. The Kier molecular flexibility index (Phi) is 4.24. The van der Waals surface area contributed by atoms with Crippen molar-refractivity contribution in [1.29, 1.82) is 0 Å². The van der Waals surface area contributed by atoms with Gasteiger partial charge in [0, 0.05) is 6.07 Å². The van der Waals surface area contributed by atoms with Crippen molar-refractivity contribution in [3.05, 3.63) is 64.0 Å². The van der Waals surface area contributed by atoms with Gasteiger partial charge in [0.2, 0.25) is 0 Å². The molecule has 0 bridgehead atoms. The Morgan fingerprint density at radius 2 is 1.75 bits per heavy atom. The zero-order chi connectivity index (χ0) is 17.1. The fourth-order valence-electron chi connectivity index (χ4n) is 2.45. The van der Waals surface area contributed by atoms with Crippen LogP contribution in [0.5, 0.6) is 17.2 Å². The van der Waals surface area contributed by atoms with Crippen LogP contribution in [0.4, 0.5) is 0 Å². The van der Waals surface area contributed by atoms with E-state index >= 15 is 0 Å². The summed E-state index contributed by atoms with van der Waals surface area (Å²) in [4.78, 5) is 11.7. The maximum absolute atomic E-state index is 11.7. The summed E-state index contributed by atoms with van der Waals surface area (Å²) in [6, 6.07) is 11.6. The summed E-state index contributed by atoms with van der Waals surface area (Å²) in [7, 11) is 3.05. The Hall–Kier alpha value is -3.21. The highest BCUT2D eigenvalue weighted by molar-refractivity contribution is 5.95. The van der Waals surface area contributed by atoms with E-state index in [0.717, 1.165) is 11.1 Å². The Morgan fingerprint density at radius 3 is 2.42 bits per heavy atom. The molecule has 1 aromatic heterocycles. The van der Waals surface area contributed by atoms with Crippen molar-refractivity contribution in [3.8, 4) is 17.2 Å². The molecule has 0 fully saturated rings. The highest BCUT2D eigenvalue weighted by Crippen LogP contribution is 2.32. The minimum atomic E-state index is -0.485. The van der Waals surface area contributed by atoms with Gasteiger partial charge < -0.3 is 19.0 Å². The maximum atomic E-state index is 11.7. The number of ether oxygens (including phenoxy) is 2. The smallest absolute Gasteiger partial charge is 0.339 e. The molecule has 3 rings (SSSR count). The fourth-order valence-corrected chi connectivity index (χ4v) is 2.45. The average Bonchev–Trinajstić information content (AvgIpc) is 2.59. The zero-order valence-corrected chi connectivity index (χ0v) is 13.3. The topological polar surface area (TPSA) is 68.9 Å². The van der Waals surface area contributed by atoms with Gasteiger partial charge in [-0.05, 0) is 29.3 Å². The molecule has 24 heavy (non-hydrogen) atoms. The van der Waals surface area contributed by atoms with Gasteiger partial charge >= 0.3 is 5.63 Å². The van der Waals surface area contributed by atoms with Gasteiger partial charge in [0.1, 0.15) is 22.8 Å². The Balaban J connectivity index is 2.17. The second kappa shape index (κ2) is 6.50. The van der Waals surface area contributed by atoms with Gasteiger partial charge in [-0.25, -0.2) is 4.79 Å². The molecular weight excluding hydrogens is 308 g/mol. The minimum absolute atomic E-state index is 0.211. The lowest BCUT2D eigenvalue weighted by atomic mass is 10.1. The third kappa shape index (κ3) is 3.10. The molecule has 0 aliphatic heterocycles. The number of hydrogen-bond acceptors (Lipinski definition) is 5. The predicted molar refractivity (Wildman–Crippen MR) is 92.6 cm³/mol. The molecule has 0 aliphatic carbocycles. The van der Waals surface area contributed by atoms with Gasteiger partial charge in [0.15, 0.2) is 0 Å². The van der Waals surface area contributed by atoms with E-state index in [2.05, 4.69) is 0 Å². The summed E-state index contributed by atoms with van der Waals surface area (Å²) in [5.74, 6) is 1.22. The molecule has 3 aromatic rings. The second-order valence-corrected chi connectivity index (χ2v) is 5.15. The normalized spacial score (nSPS) is 11.1. The highest BCUT2D eigenvalue weighted by atomic mass is 16.5. The van der Waals surface area contributed by atoms with Crippen molar-refractivity contribution >= 4 is 23.1 Å². The quantitative estimate of drug-likeness (QED) is 0.585. The monoisotopic (exact) mass is 324 g/mol. The van der Waals surface area contributed by atoms with Crippen LogP contribution in [0.25, 0.3) is 23.1 Å². The van der Waals surface area contributed by atoms with Crippen molar-refractivity contribution in [2.45, 2.75) is 0 Å². The Labute approximate surface area is 138 Å². The lowest BCUT2D eigenvalue weighted by molar-refractivity contribution is 0.408. The van der Waals surface area contributed by atoms with E-state index in [9.17, 15) is 9.90 Å². The summed E-state index contributed by atoms with van der Waals surface area (Å²) in [5.41, 5.74) is 1.61. The largest absolute Gasteiger partial charge is 0.508 e. The van der Waals surface area contributed by atoms with Crippen molar-refractivity contribution in [3.63, 3.8) is 0 Å². The van der Waals surface area contributed by atoms with Crippen LogP contribution in [0, 0.1) is 0 Å². The van der Waals surface area contributed by atoms with Crippen LogP contribution in [0.1, 0.15) is 11.1 Å². The zero-order valence-electron chi connectivity index (χ0n) is 13.3. The number of hydrogen-bond donors (Lipinski definition) is 1. The standard InChI is InChI=1S/C19H16O5/c1-22-15-9-13(6-3-12-4-7-14(20)8-5-12)19-16(23-2)11-18(21)24-17(19)10-15/h3-11,20H,1-2H3/b6-3+. The van der Waals surface area contributed by atoms with E-state index in [-0.39, 0.29) is 5.75 Å². The van der Waals surface area contributed by atoms with Gasteiger partial charge in [0.05, 0.1) is 25.7 Å². The molecule has 1 heterocycles. The van der Waals surface area contributed by atoms with Gasteiger partial charge in [-0.2, -0.15) is 0 Å². The third-order valence-electron chi connectivity index (χ3n) is 3.62. The minimum Gasteiger partial charge on any atom is -0.508 e. The van der Waals surface area contributed by atoms with Crippen LogP contribution >= 0.6 is 0 Å². The molecule has 0 unspecified atom stereocenters. The van der Waals surface area contributed by atoms with Crippen LogP contribution in [0.2, 0.25) is 0 Å². The number of rotatable bonds is 4. The fraction of sp³-hybridized carbons (Fsp3) is 0.105. The van der Waals surface area contributed by atoms with Crippen LogP contribution in [-0.4, -0.2) is 19.3 Å². The second-order valence-electron chi connectivity index (χ2n) is 5.15. The highest BCUT2D eigenvalue weighted by Gasteiger charge is 2.12. The molecule has 0 atom stereocenters. The first-order valence-electron chi connectivity index (χ1n) is 7.27. The Bertz CT molecular complexity index is 952. The Morgan fingerprint density at radius 1 is 1.00 bits per heavy atom. The molecule has 0 amide bonds. The summed E-state index contributed by atoms with van der Waals surface area (Å²) in [6.07, 6.45) is 3.76. The van der Waals surface area contributed by atoms with Crippen LogP contribution in [0.15, 0.2) is 51.7 Å². The number of phenols is 1. The molecule has 1 N–H and O–H groups in total. The van der Waals surface area contributed by atoms with E-state index in [1.807, 2.05) is 18.2 Å². The summed E-state index contributed by atoms with van der Waals surface area (Å²) >= 11 is 0. The van der Waals surface area contributed by atoms with Gasteiger partial charge in [-0.3, -0.25) is 0 Å². The van der Waals surface area contributed by atoms with E-state index in [1.54, 1.807) is 37.4 Å². The molecule has 122 valence electrons. The van der Waals surface area contributed by atoms with Crippen LogP contribution in [0.3, 0.4) is 0 Å². The first-order chi connectivity index (χ1) is 11.6.